The molecular weight excluding hydrogens is 333 g/mol. The van der Waals surface area contributed by atoms with E-state index in [1.165, 1.54) is 10.7 Å². The number of fused-ring (bicyclic) bond motifs is 1. The van der Waals surface area contributed by atoms with Crippen LogP contribution in [0.25, 0.3) is 11.2 Å². The lowest BCUT2D eigenvalue weighted by molar-refractivity contribution is 0.556. The zero-order valence-corrected chi connectivity index (χ0v) is 12.9. The molecule has 2 aromatic heterocycles. The van der Waals surface area contributed by atoms with Crippen molar-refractivity contribution in [2.45, 2.75) is 19.8 Å². The summed E-state index contributed by atoms with van der Waals surface area (Å²) in [5.74, 6) is 0. The van der Waals surface area contributed by atoms with E-state index in [4.69, 9.17) is 38.9 Å². The molecule has 5 nitrogen and oxygen atoms in total. The van der Waals surface area contributed by atoms with Gasteiger partial charge in [-0.2, -0.15) is 4.98 Å². The van der Waals surface area contributed by atoms with Gasteiger partial charge in [-0.05, 0) is 43.1 Å². The molecule has 2 heterocycles. The number of hydrogen-bond donors (Lipinski definition) is 0. The van der Waals surface area contributed by atoms with Crippen molar-refractivity contribution in [3.05, 3.63) is 44.8 Å². The van der Waals surface area contributed by atoms with Crippen LogP contribution in [0, 0.1) is 6.92 Å². The summed E-state index contributed by atoms with van der Waals surface area (Å²) < 4.78 is 24.9. The summed E-state index contributed by atoms with van der Waals surface area (Å²) in [5.41, 5.74) is 1.43. The Morgan fingerprint density at radius 2 is 2.05 bits per heavy atom. The van der Waals surface area contributed by atoms with Gasteiger partial charge in [-0.15, -0.1) is 5.10 Å². The van der Waals surface area contributed by atoms with E-state index in [9.17, 15) is 0 Å². The molecule has 1 aromatic carbocycles. The molecule has 0 unspecified atom stereocenters. The van der Waals surface area contributed by atoms with E-state index in [2.05, 4.69) is 20.3 Å². The Bertz CT molecular complexity index is 925. The maximum atomic E-state index is 7.91. The first-order valence-electron chi connectivity index (χ1n) is 7.38. The molecule has 0 aliphatic carbocycles. The fourth-order valence-electron chi connectivity index (χ4n) is 1.96. The molecule has 0 saturated carbocycles. The van der Waals surface area contributed by atoms with Gasteiger partial charge in [0.15, 0.2) is 11.2 Å². The molecule has 0 radical (unpaired) electrons. The summed E-state index contributed by atoms with van der Waals surface area (Å²) in [6.07, 6.45) is 0. The number of aryl methyl sites for hydroxylation is 1. The van der Waals surface area contributed by atoms with Crippen LogP contribution in [0.1, 0.15) is 28.3 Å². The summed E-state index contributed by atoms with van der Waals surface area (Å²) in [5, 5.41) is 8.53. The SMILES string of the molecule is [2H]C([2H])([2H])[C@H](c1ccc(Cl)cc1Cl)n1nnc2c(C)nc(Cl)nc21. The third-order valence-corrected chi connectivity index (χ3v) is 3.70. The van der Waals surface area contributed by atoms with E-state index in [0.29, 0.717) is 21.8 Å². The van der Waals surface area contributed by atoms with Crippen LogP contribution >= 0.6 is 34.8 Å². The standard InChI is InChI=1S/C13H10Cl3N5/c1-6-11-12(18-13(16)17-6)21(20-19-11)7(2)9-4-3-8(14)5-10(9)15/h3-5,7H,1-2H3/t7-/m1/s1/i2D3. The average molecular weight is 346 g/mol. The Morgan fingerprint density at radius 1 is 1.24 bits per heavy atom. The maximum absolute atomic E-state index is 7.91. The summed E-state index contributed by atoms with van der Waals surface area (Å²) in [4.78, 5) is 8.07. The van der Waals surface area contributed by atoms with Gasteiger partial charge >= 0.3 is 0 Å². The van der Waals surface area contributed by atoms with Crippen LogP contribution in [-0.2, 0) is 0 Å². The minimum Gasteiger partial charge on any atom is -0.221 e. The zero-order chi connectivity index (χ0) is 17.6. The highest BCUT2D eigenvalue weighted by molar-refractivity contribution is 6.35. The molecule has 0 amide bonds. The highest BCUT2D eigenvalue weighted by atomic mass is 35.5. The third-order valence-electron chi connectivity index (χ3n) is 2.97. The zero-order valence-electron chi connectivity index (χ0n) is 13.7. The quantitative estimate of drug-likeness (QED) is 0.656. The third kappa shape index (κ3) is 2.57. The topological polar surface area (TPSA) is 56.5 Å². The minimum atomic E-state index is -2.45. The van der Waals surface area contributed by atoms with Crippen molar-refractivity contribution in [1.29, 1.82) is 0 Å². The Labute approximate surface area is 140 Å². The number of benzene rings is 1. The number of rotatable bonds is 2. The van der Waals surface area contributed by atoms with E-state index >= 15 is 0 Å². The monoisotopic (exact) mass is 344 g/mol. The molecule has 0 aliphatic heterocycles. The molecular formula is C13H10Cl3N5. The molecule has 0 aliphatic rings. The normalized spacial score (nSPS) is 15.5. The average Bonchev–Trinajstić information content (AvgIpc) is 2.84. The highest BCUT2D eigenvalue weighted by Crippen LogP contribution is 2.29. The number of nitrogens with zero attached hydrogens (tertiary/aromatic N) is 5. The van der Waals surface area contributed by atoms with Gasteiger partial charge in [0.05, 0.1) is 11.7 Å². The minimum absolute atomic E-state index is 0.0185. The van der Waals surface area contributed by atoms with Crippen molar-refractivity contribution >= 4 is 46.0 Å². The van der Waals surface area contributed by atoms with Crippen LogP contribution in [-0.4, -0.2) is 25.0 Å². The number of aromatic nitrogens is 5. The number of hydrogen-bond acceptors (Lipinski definition) is 4. The van der Waals surface area contributed by atoms with Gasteiger partial charge in [0, 0.05) is 14.2 Å². The first-order valence-corrected chi connectivity index (χ1v) is 7.02. The van der Waals surface area contributed by atoms with Crippen molar-refractivity contribution in [3.63, 3.8) is 0 Å². The Balaban J connectivity index is 2.29. The Kier molecular flexibility index (Phi) is 2.88. The second kappa shape index (κ2) is 5.40. The summed E-state index contributed by atoms with van der Waals surface area (Å²) >= 11 is 18.0. The van der Waals surface area contributed by atoms with E-state index in [0.717, 1.165) is 0 Å². The predicted octanol–water partition coefficient (Wildman–Crippen LogP) is 4.10. The maximum Gasteiger partial charge on any atom is 0.224 e. The predicted molar refractivity (Wildman–Crippen MR) is 83.1 cm³/mol. The van der Waals surface area contributed by atoms with Gasteiger partial charge in [-0.1, -0.05) is 34.5 Å². The van der Waals surface area contributed by atoms with Crippen molar-refractivity contribution in [2.24, 2.45) is 0 Å². The van der Waals surface area contributed by atoms with Gasteiger partial charge in [-0.25, -0.2) is 9.67 Å². The van der Waals surface area contributed by atoms with Crippen molar-refractivity contribution in [2.75, 3.05) is 0 Å². The fourth-order valence-corrected chi connectivity index (χ4v) is 2.68. The van der Waals surface area contributed by atoms with Gasteiger partial charge in [0.2, 0.25) is 5.28 Å². The molecule has 108 valence electrons. The molecule has 8 heteroatoms. The van der Waals surface area contributed by atoms with Crippen LogP contribution in [0.2, 0.25) is 15.3 Å². The van der Waals surface area contributed by atoms with Gasteiger partial charge < -0.3 is 0 Å². The van der Waals surface area contributed by atoms with Crippen molar-refractivity contribution < 1.29 is 4.11 Å². The molecule has 0 fully saturated rings. The smallest absolute Gasteiger partial charge is 0.221 e. The summed E-state index contributed by atoms with van der Waals surface area (Å²) in [7, 11) is 0. The van der Waals surface area contributed by atoms with Crippen LogP contribution in [0.15, 0.2) is 18.2 Å². The molecule has 21 heavy (non-hydrogen) atoms. The molecule has 0 spiro atoms. The molecule has 0 bridgehead atoms. The van der Waals surface area contributed by atoms with Gasteiger partial charge in [0.1, 0.15) is 0 Å². The first kappa shape index (κ1) is 11.2. The Hall–Kier alpha value is -1.43. The lowest BCUT2D eigenvalue weighted by Gasteiger charge is -2.14. The van der Waals surface area contributed by atoms with E-state index < -0.39 is 12.9 Å². The van der Waals surface area contributed by atoms with Crippen molar-refractivity contribution in [1.82, 2.24) is 25.0 Å². The van der Waals surface area contributed by atoms with Crippen LogP contribution in [0.3, 0.4) is 0 Å². The lowest BCUT2D eigenvalue weighted by Crippen LogP contribution is -2.10. The molecule has 0 N–H and O–H groups in total. The summed E-state index contributed by atoms with van der Waals surface area (Å²) in [6.45, 7) is -0.766. The fraction of sp³-hybridized carbons (Fsp3) is 0.231. The highest BCUT2D eigenvalue weighted by Gasteiger charge is 2.19. The molecule has 1 atom stereocenters. The first-order chi connectivity index (χ1) is 11.2. The second-order valence-electron chi connectivity index (χ2n) is 4.35. The second-order valence-corrected chi connectivity index (χ2v) is 5.53. The molecule has 0 saturated heterocycles. The number of halogens is 3. The van der Waals surface area contributed by atoms with Crippen LogP contribution in [0.5, 0.6) is 0 Å². The van der Waals surface area contributed by atoms with Gasteiger partial charge in [-0.3, -0.25) is 0 Å². The van der Waals surface area contributed by atoms with Gasteiger partial charge in [0.25, 0.3) is 0 Å². The van der Waals surface area contributed by atoms with Crippen molar-refractivity contribution in [3.8, 4) is 0 Å². The van der Waals surface area contributed by atoms with E-state index in [1.807, 2.05) is 0 Å². The van der Waals surface area contributed by atoms with E-state index in [1.54, 1.807) is 19.1 Å². The Morgan fingerprint density at radius 3 is 2.76 bits per heavy atom. The summed E-state index contributed by atoms with van der Waals surface area (Å²) in [6, 6.07) is 3.39. The largest absolute Gasteiger partial charge is 0.224 e. The molecule has 3 rings (SSSR count). The van der Waals surface area contributed by atoms with Crippen LogP contribution in [0.4, 0.5) is 0 Å². The van der Waals surface area contributed by atoms with E-state index in [-0.39, 0.29) is 16.0 Å². The van der Waals surface area contributed by atoms with Crippen LogP contribution < -0.4 is 0 Å². The molecule has 3 aromatic rings. The lowest BCUT2D eigenvalue weighted by atomic mass is 10.1.